The molecule has 4 heteroatoms. The van der Waals surface area contributed by atoms with Gasteiger partial charge < -0.3 is 5.73 Å². The summed E-state index contributed by atoms with van der Waals surface area (Å²) in [6, 6.07) is 4.30. The molecule has 2 N–H and O–H groups in total. The van der Waals surface area contributed by atoms with E-state index in [0.29, 0.717) is 6.54 Å². The Bertz CT molecular complexity index is 496. The quantitative estimate of drug-likeness (QED) is 0.919. The molecule has 1 heterocycles. The molecule has 1 aromatic carbocycles. The third-order valence-corrected chi connectivity index (χ3v) is 4.64. The van der Waals surface area contributed by atoms with Gasteiger partial charge in [-0.2, -0.15) is 0 Å². The maximum Gasteiger partial charge on any atom is 0.123 e. The summed E-state index contributed by atoms with van der Waals surface area (Å²) in [5.74, 6) is 0. The minimum atomic E-state index is 0.505. The van der Waals surface area contributed by atoms with Crippen LogP contribution in [-0.2, 0) is 6.54 Å². The zero-order valence-corrected chi connectivity index (χ0v) is 11.7. The molecule has 0 amide bonds. The van der Waals surface area contributed by atoms with Gasteiger partial charge in [0.05, 0.1) is 5.69 Å². The predicted molar refractivity (Wildman–Crippen MR) is 72.6 cm³/mol. The van der Waals surface area contributed by atoms with Gasteiger partial charge in [-0.05, 0) is 37.1 Å². The van der Waals surface area contributed by atoms with Crippen molar-refractivity contribution < 1.29 is 0 Å². The van der Waals surface area contributed by atoms with E-state index in [0.717, 1.165) is 10.7 Å². The summed E-state index contributed by atoms with van der Waals surface area (Å²) >= 11 is 5.21. The Balaban J connectivity index is 2.48. The molecule has 0 unspecified atom stereocenters. The Hall–Kier alpha value is -0.710. The number of hydrogen-bond acceptors (Lipinski definition) is 3. The van der Waals surface area contributed by atoms with E-state index in [4.69, 9.17) is 5.73 Å². The van der Waals surface area contributed by atoms with Gasteiger partial charge in [-0.1, -0.05) is 15.9 Å². The van der Waals surface area contributed by atoms with Crippen molar-refractivity contribution in [1.29, 1.82) is 0 Å². The van der Waals surface area contributed by atoms with Crippen molar-refractivity contribution in [2.75, 3.05) is 0 Å². The molecule has 16 heavy (non-hydrogen) atoms. The summed E-state index contributed by atoms with van der Waals surface area (Å²) in [6.07, 6.45) is 0. The van der Waals surface area contributed by atoms with Crippen LogP contribution in [0.15, 0.2) is 22.0 Å². The van der Waals surface area contributed by atoms with Crippen molar-refractivity contribution in [1.82, 2.24) is 4.98 Å². The fraction of sp³-hybridized carbons (Fsp3) is 0.250. The number of benzene rings is 1. The van der Waals surface area contributed by atoms with Crippen LogP contribution in [0.4, 0.5) is 0 Å². The number of halogens is 1. The van der Waals surface area contributed by atoms with Crippen LogP contribution in [0.3, 0.4) is 0 Å². The Morgan fingerprint density at radius 2 is 1.94 bits per heavy atom. The molecule has 0 aliphatic rings. The first-order valence-corrected chi connectivity index (χ1v) is 6.70. The summed E-state index contributed by atoms with van der Waals surface area (Å²) in [5, 5.41) is 3.06. The number of hydrogen-bond donors (Lipinski definition) is 1. The van der Waals surface area contributed by atoms with E-state index in [1.165, 1.54) is 21.2 Å². The number of aromatic nitrogens is 1. The molecule has 0 radical (unpaired) electrons. The van der Waals surface area contributed by atoms with Crippen LogP contribution in [-0.4, -0.2) is 4.98 Å². The molecule has 0 saturated carbocycles. The average Bonchev–Trinajstić information content (AvgIpc) is 2.73. The van der Waals surface area contributed by atoms with Crippen molar-refractivity contribution in [3.8, 4) is 10.6 Å². The normalized spacial score (nSPS) is 10.8. The van der Waals surface area contributed by atoms with E-state index in [1.54, 1.807) is 11.3 Å². The summed E-state index contributed by atoms with van der Waals surface area (Å²) in [7, 11) is 0. The largest absolute Gasteiger partial charge is 0.325 e. The van der Waals surface area contributed by atoms with Crippen LogP contribution < -0.4 is 5.73 Å². The molecular formula is C12H13BrN2S. The number of thiazole rings is 1. The summed E-state index contributed by atoms with van der Waals surface area (Å²) in [5.41, 5.74) is 10.2. The van der Waals surface area contributed by atoms with Crippen molar-refractivity contribution in [3.63, 3.8) is 0 Å². The minimum absolute atomic E-state index is 0.505. The van der Waals surface area contributed by atoms with Gasteiger partial charge in [0.2, 0.25) is 0 Å². The molecule has 2 rings (SSSR count). The summed E-state index contributed by atoms with van der Waals surface area (Å²) in [4.78, 5) is 4.49. The Morgan fingerprint density at radius 1 is 1.31 bits per heavy atom. The van der Waals surface area contributed by atoms with Crippen molar-refractivity contribution >= 4 is 27.3 Å². The van der Waals surface area contributed by atoms with Crippen molar-refractivity contribution in [3.05, 3.63) is 38.8 Å². The first-order chi connectivity index (χ1) is 7.61. The highest BCUT2D eigenvalue weighted by Gasteiger charge is 2.07. The zero-order valence-electron chi connectivity index (χ0n) is 9.25. The van der Waals surface area contributed by atoms with Gasteiger partial charge in [0.1, 0.15) is 5.01 Å². The number of nitrogens with two attached hydrogens (primary N) is 1. The van der Waals surface area contributed by atoms with E-state index in [-0.39, 0.29) is 0 Å². The molecular weight excluding hydrogens is 284 g/mol. The standard InChI is InChI=1S/C12H13BrN2S/c1-7-3-9(4-8(2)11(7)13)12-15-10(5-14)6-16-12/h3-4,6H,5,14H2,1-2H3. The van der Waals surface area contributed by atoms with Crippen LogP contribution in [0.1, 0.15) is 16.8 Å². The van der Waals surface area contributed by atoms with Crippen LogP contribution in [0.5, 0.6) is 0 Å². The molecule has 2 aromatic rings. The lowest BCUT2D eigenvalue weighted by Gasteiger charge is -2.05. The van der Waals surface area contributed by atoms with Gasteiger partial charge in [-0.3, -0.25) is 0 Å². The van der Waals surface area contributed by atoms with Gasteiger partial charge in [-0.15, -0.1) is 11.3 Å². The predicted octanol–water partition coefficient (Wildman–Crippen LogP) is 3.65. The fourth-order valence-electron chi connectivity index (χ4n) is 1.60. The Kier molecular flexibility index (Phi) is 3.42. The summed E-state index contributed by atoms with van der Waals surface area (Å²) < 4.78 is 1.17. The zero-order chi connectivity index (χ0) is 11.7. The molecule has 2 nitrogen and oxygen atoms in total. The third-order valence-electron chi connectivity index (χ3n) is 2.44. The number of nitrogens with zero attached hydrogens (tertiary/aromatic N) is 1. The average molecular weight is 297 g/mol. The maximum atomic E-state index is 5.56. The molecule has 1 aromatic heterocycles. The van der Waals surface area contributed by atoms with E-state index in [1.807, 2.05) is 5.38 Å². The molecule has 0 aliphatic carbocycles. The highest BCUT2D eigenvalue weighted by Crippen LogP contribution is 2.30. The lowest BCUT2D eigenvalue weighted by molar-refractivity contribution is 1.01. The molecule has 0 aliphatic heterocycles. The van der Waals surface area contributed by atoms with Crippen LogP contribution >= 0.6 is 27.3 Å². The molecule has 0 saturated heterocycles. The van der Waals surface area contributed by atoms with E-state index in [9.17, 15) is 0 Å². The van der Waals surface area contributed by atoms with Gasteiger partial charge in [0.25, 0.3) is 0 Å². The first kappa shape index (κ1) is 11.8. The second-order valence-corrected chi connectivity index (χ2v) is 5.42. The Morgan fingerprint density at radius 3 is 2.44 bits per heavy atom. The van der Waals surface area contributed by atoms with Crippen LogP contribution in [0.2, 0.25) is 0 Å². The van der Waals surface area contributed by atoms with Crippen LogP contribution in [0, 0.1) is 13.8 Å². The first-order valence-electron chi connectivity index (χ1n) is 5.03. The van der Waals surface area contributed by atoms with Gasteiger partial charge in [0.15, 0.2) is 0 Å². The molecule has 0 fully saturated rings. The SMILES string of the molecule is Cc1cc(-c2nc(CN)cs2)cc(C)c1Br. The summed E-state index contributed by atoms with van der Waals surface area (Å²) in [6.45, 7) is 4.70. The number of rotatable bonds is 2. The maximum absolute atomic E-state index is 5.56. The van der Waals surface area contributed by atoms with Gasteiger partial charge >= 0.3 is 0 Å². The highest BCUT2D eigenvalue weighted by molar-refractivity contribution is 9.10. The van der Waals surface area contributed by atoms with Gasteiger partial charge in [0, 0.05) is 22.0 Å². The minimum Gasteiger partial charge on any atom is -0.325 e. The fourth-order valence-corrected chi connectivity index (χ4v) is 2.65. The molecule has 0 bridgehead atoms. The monoisotopic (exact) mass is 296 g/mol. The van der Waals surface area contributed by atoms with Crippen molar-refractivity contribution in [2.24, 2.45) is 5.73 Å². The van der Waals surface area contributed by atoms with Crippen LogP contribution in [0.25, 0.3) is 10.6 Å². The van der Waals surface area contributed by atoms with E-state index >= 15 is 0 Å². The lowest BCUT2D eigenvalue weighted by Crippen LogP contribution is -1.95. The molecule has 0 atom stereocenters. The molecule has 84 valence electrons. The van der Waals surface area contributed by atoms with Gasteiger partial charge in [-0.25, -0.2) is 4.98 Å². The third kappa shape index (κ3) is 2.19. The smallest absolute Gasteiger partial charge is 0.123 e. The van der Waals surface area contributed by atoms with E-state index < -0.39 is 0 Å². The Labute approximate surface area is 108 Å². The lowest BCUT2D eigenvalue weighted by atomic mass is 10.1. The van der Waals surface area contributed by atoms with E-state index in [2.05, 4.69) is 46.9 Å². The molecule has 0 spiro atoms. The second-order valence-electron chi connectivity index (χ2n) is 3.77. The highest BCUT2D eigenvalue weighted by atomic mass is 79.9. The number of aryl methyl sites for hydroxylation is 2. The van der Waals surface area contributed by atoms with Crippen molar-refractivity contribution in [2.45, 2.75) is 20.4 Å². The second kappa shape index (κ2) is 4.65. The topological polar surface area (TPSA) is 38.9 Å².